The van der Waals surface area contributed by atoms with Crippen LogP contribution in [0.3, 0.4) is 0 Å². The average molecular weight is 203 g/mol. The number of aromatic nitrogens is 1. The monoisotopic (exact) mass is 203 g/mol. The molecule has 78 valence electrons. The van der Waals surface area contributed by atoms with Crippen molar-refractivity contribution in [3.8, 4) is 6.07 Å². The summed E-state index contributed by atoms with van der Waals surface area (Å²) >= 11 is 0. The number of hydrogen-bond acceptors (Lipinski definition) is 3. The summed E-state index contributed by atoms with van der Waals surface area (Å²) in [4.78, 5) is 17.0. The quantitative estimate of drug-likeness (QED) is 0.742. The van der Waals surface area contributed by atoms with Gasteiger partial charge < -0.3 is 4.90 Å². The summed E-state index contributed by atoms with van der Waals surface area (Å²) in [6.45, 7) is 0.540. The molecular formula is C11H13N3O. The Bertz CT molecular complexity index is 356. The molecule has 0 spiro atoms. The number of carbonyl (C=O) groups is 1. The Kier molecular flexibility index (Phi) is 4.30. The average Bonchev–Trinajstić information content (AvgIpc) is 2.27. The van der Waals surface area contributed by atoms with E-state index in [4.69, 9.17) is 5.26 Å². The van der Waals surface area contributed by atoms with E-state index >= 15 is 0 Å². The molecule has 0 aliphatic carbocycles. The van der Waals surface area contributed by atoms with Gasteiger partial charge in [0.15, 0.2) is 0 Å². The molecule has 0 fully saturated rings. The topological polar surface area (TPSA) is 57.0 Å². The summed E-state index contributed by atoms with van der Waals surface area (Å²) in [6.07, 6.45) is 3.98. The summed E-state index contributed by atoms with van der Waals surface area (Å²) in [7, 11) is 1.73. The van der Waals surface area contributed by atoms with Crippen molar-refractivity contribution in [2.24, 2.45) is 0 Å². The number of pyridine rings is 1. The fraction of sp³-hybridized carbons (Fsp3) is 0.364. The second-order valence-electron chi connectivity index (χ2n) is 3.27. The third kappa shape index (κ3) is 3.77. The molecule has 0 unspecified atom stereocenters. The van der Waals surface area contributed by atoms with Gasteiger partial charge in [0.25, 0.3) is 0 Å². The molecule has 15 heavy (non-hydrogen) atoms. The Labute approximate surface area is 89.2 Å². The molecule has 0 atom stereocenters. The molecule has 0 aliphatic rings. The third-order valence-electron chi connectivity index (χ3n) is 2.02. The Hall–Kier alpha value is -1.89. The van der Waals surface area contributed by atoms with Crippen LogP contribution in [-0.4, -0.2) is 22.8 Å². The largest absolute Gasteiger partial charge is 0.341 e. The maximum Gasteiger partial charge on any atom is 0.223 e. The lowest BCUT2D eigenvalue weighted by Crippen LogP contribution is -2.25. The zero-order valence-electron chi connectivity index (χ0n) is 8.68. The van der Waals surface area contributed by atoms with E-state index in [1.807, 2.05) is 18.2 Å². The summed E-state index contributed by atoms with van der Waals surface area (Å²) in [5.74, 6) is -0.0135. The smallest absolute Gasteiger partial charge is 0.223 e. The van der Waals surface area contributed by atoms with Crippen LogP contribution in [0.15, 0.2) is 24.5 Å². The van der Waals surface area contributed by atoms with Gasteiger partial charge in [-0.3, -0.25) is 9.78 Å². The number of nitriles is 1. The lowest BCUT2D eigenvalue weighted by atomic mass is 10.2. The van der Waals surface area contributed by atoms with Crippen LogP contribution in [0.2, 0.25) is 0 Å². The van der Waals surface area contributed by atoms with Crippen LogP contribution in [0.4, 0.5) is 0 Å². The minimum Gasteiger partial charge on any atom is -0.341 e. The van der Waals surface area contributed by atoms with E-state index in [0.29, 0.717) is 6.54 Å². The summed E-state index contributed by atoms with van der Waals surface area (Å²) in [6, 6.07) is 5.71. The molecule has 0 radical (unpaired) electrons. The highest BCUT2D eigenvalue weighted by Crippen LogP contribution is 2.03. The van der Waals surface area contributed by atoms with Gasteiger partial charge in [-0.1, -0.05) is 6.07 Å². The second-order valence-corrected chi connectivity index (χ2v) is 3.27. The van der Waals surface area contributed by atoms with Gasteiger partial charge in [0, 0.05) is 38.8 Å². The number of amides is 1. The SMILES string of the molecule is CN(Cc1cccnc1)C(=O)CCC#N. The van der Waals surface area contributed by atoms with Gasteiger partial charge in [-0.15, -0.1) is 0 Å². The lowest BCUT2D eigenvalue weighted by Gasteiger charge is -2.16. The highest BCUT2D eigenvalue weighted by Gasteiger charge is 2.08. The fourth-order valence-electron chi connectivity index (χ4n) is 1.21. The van der Waals surface area contributed by atoms with E-state index in [-0.39, 0.29) is 18.7 Å². The van der Waals surface area contributed by atoms with Crippen LogP contribution < -0.4 is 0 Å². The predicted octanol–water partition coefficient (Wildman–Crippen LogP) is 1.34. The highest BCUT2D eigenvalue weighted by atomic mass is 16.2. The van der Waals surface area contributed by atoms with Crippen LogP contribution in [-0.2, 0) is 11.3 Å². The number of nitrogens with zero attached hydrogens (tertiary/aromatic N) is 3. The van der Waals surface area contributed by atoms with Crippen molar-refractivity contribution < 1.29 is 4.79 Å². The minimum atomic E-state index is -0.0135. The number of hydrogen-bond donors (Lipinski definition) is 0. The van der Waals surface area contributed by atoms with Gasteiger partial charge in [-0.2, -0.15) is 5.26 Å². The molecule has 1 heterocycles. The molecule has 0 saturated carbocycles. The molecule has 1 rings (SSSR count). The summed E-state index contributed by atoms with van der Waals surface area (Å²) in [5, 5.41) is 8.36. The van der Waals surface area contributed by atoms with E-state index in [9.17, 15) is 4.79 Å². The van der Waals surface area contributed by atoms with Crippen LogP contribution in [0, 0.1) is 11.3 Å². The van der Waals surface area contributed by atoms with E-state index in [1.165, 1.54) is 0 Å². The molecule has 1 amide bonds. The van der Waals surface area contributed by atoms with Crippen LogP contribution in [0.25, 0.3) is 0 Å². The molecule has 1 aromatic rings. The van der Waals surface area contributed by atoms with Crippen molar-refractivity contribution in [3.63, 3.8) is 0 Å². The maximum absolute atomic E-state index is 11.5. The lowest BCUT2D eigenvalue weighted by molar-refractivity contribution is -0.130. The molecule has 0 bridgehead atoms. The van der Waals surface area contributed by atoms with E-state index in [1.54, 1.807) is 24.3 Å². The summed E-state index contributed by atoms with van der Waals surface area (Å²) in [5.41, 5.74) is 0.991. The van der Waals surface area contributed by atoms with Gasteiger partial charge in [0.1, 0.15) is 0 Å². The molecule has 0 aromatic carbocycles. The van der Waals surface area contributed by atoms with Crippen molar-refractivity contribution in [3.05, 3.63) is 30.1 Å². The zero-order valence-corrected chi connectivity index (χ0v) is 8.68. The Morgan fingerprint density at radius 3 is 3.07 bits per heavy atom. The first-order valence-electron chi connectivity index (χ1n) is 4.74. The molecule has 0 aliphatic heterocycles. The van der Waals surface area contributed by atoms with Crippen molar-refractivity contribution in [2.45, 2.75) is 19.4 Å². The molecule has 0 N–H and O–H groups in total. The molecule has 4 heteroatoms. The van der Waals surface area contributed by atoms with Gasteiger partial charge in [0.2, 0.25) is 5.91 Å². The van der Waals surface area contributed by atoms with Gasteiger partial charge in [-0.05, 0) is 11.6 Å². The predicted molar refractivity (Wildman–Crippen MR) is 55.6 cm³/mol. The van der Waals surface area contributed by atoms with Crippen molar-refractivity contribution in [2.75, 3.05) is 7.05 Å². The van der Waals surface area contributed by atoms with Gasteiger partial charge in [-0.25, -0.2) is 0 Å². The van der Waals surface area contributed by atoms with Crippen LogP contribution >= 0.6 is 0 Å². The normalized spacial score (nSPS) is 9.33. The Morgan fingerprint density at radius 2 is 2.47 bits per heavy atom. The zero-order chi connectivity index (χ0) is 11.1. The highest BCUT2D eigenvalue weighted by molar-refractivity contribution is 5.76. The van der Waals surface area contributed by atoms with Crippen LogP contribution in [0.1, 0.15) is 18.4 Å². The van der Waals surface area contributed by atoms with Crippen molar-refractivity contribution in [1.29, 1.82) is 5.26 Å². The van der Waals surface area contributed by atoms with E-state index in [2.05, 4.69) is 4.98 Å². The van der Waals surface area contributed by atoms with Crippen molar-refractivity contribution >= 4 is 5.91 Å². The molecular weight excluding hydrogens is 190 g/mol. The van der Waals surface area contributed by atoms with Crippen molar-refractivity contribution in [1.82, 2.24) is 9.88 Å². The molecule has 4 nitrogen and oxygen atoms in total. The van der Waals surface area contributed by atoms with Gasteiger partial charge in [0.05, 0.1) is 6.07 Å². The third-order valence-corrected chi connectivity index (χ3v) is 2.02. The maximum atomic E-state index is 11.5. The molecule has 0 saturated heterocycles. The van der Waals surface area contributed by atoms with Crippen LogP contribution in [0.5, 0.6) is 0 Å². The first kappa shape index (κ1) is 11.2. The number of carbonyl (C=O) groups excluding carboxylic acids is 1. The first-order chi connectivity index (χ1) is 7.24. The van der Waals surface area contributed by atoms with E-state index in [0.717, 1.165) is 5.56 Å². The summed E-state index contributed by atoms with van der Waals surface area (Å²) < 4.78 is 0. The Morgan fingerprint density at radius 1 is 1.67 bits per heavy atom. The minimum absolute atomic E-state index is 0.0135. The van der Waals surface area contributed by atoms with Gasteiger partial charge >= 0.3 is 0 Å². The Balaban J connectivity index is 2.46. The second kappa shape index (κ2) is 5.76. The standard InChI is InChI=1S/C11H13N3O/c1-14(11(15)5-2-6-12)9-10-4-3-7-13-8-10/h3-4,7-8H,2,5,9H2,1H3. The first-order valence-corrected chi connectivity index (χ1v) is 4.74. The van der Waals surface area contributed by atoms with E-state index < -0.39 is 0 Å². The number of rotatable bonds is 4. The fourth-order valence-corrected chi connectivity index (χ4v) is 1.21. The molecule has 1 aromatic heterocycles.